The Bertz CT molecular complexity index is 565. The molecule has 0 aromatic heterocycles. The van der Waals surface area contributed by atoms with Crippen LogP contribution in [-0.4, -0.2) is 59.2 Å². The number of likely N-dealkylation sites (tertiary alicyclic amines) is 1. The van der Waals surface area contributed by atoms with Gasteiger partial charge in [-0.1, -0.05) is 0 Å². The first-order chi connectivity index (χ1) is 11.4. The highest BCUT2D eigenvalue weighted by Crippen LogP contribution is 2.42. The van der Waals surface area contributed by atoms with Crippen LogP contribution in [0.2, 0.25) is 0 Å². The Labute approximate surface area is 144 Å². The van der Waals surface area contributed by atoms with E-state index in [0.717, 1.165) is 5.92 Å². The first kappa shape index (κ1) is 14.5. The molecule has 2 bridgehead atoms. The molecule has 4 fully saturated rings. The van der Waals surface area contributed by atoms with E-state index in [-0.39, 0.29) is 0 Å². The third-order valence-electron chi connectivity index (χ3n) is 6.36. The van der Waals surface area contributed by atoms with Crippen molar-refractivity contribution >= 4 is 11.8 Å². The minimum Gasteiger partial charge on any atom is -0.374 e. The van der Waals surface area contributed by atoms with Crippen molar-refractivity contribution < 1.29 is 0 Å². The quantitative estimate of drug-likeness (QED) is 0.769. The first-order valence-electron chi connectivity index (χ1n) is 9.39. The fourth-order valence-electron chi connectivity index (χ4n) is 4.97. The van der Waals surface area contributed by atoms with Crippen molar-refractivity contribution in [2.24, 2.45) is 5.92 Å². The normalized spacial score (nSPS) is 36.5. The molecule has 0 spiro atoms. The second-order valence-electron chi connectivity index (χ2n) is 7.66. The van der Waals surface area contributed by atoms with Gasteiger partial charge in [-0.3, -0.25) is 0 Å². The van der Waals surface area contributed by atoms with Gasteiger partial charge in [0, 0.05) is 60.0 Å². The van der Waals surface area contributed by atoms with Crippen molar-refractivity contribution in [2.45, 2.75) is 38.1 Å². The zero-order chi connectivity index (χ0) is 15.2. The highest BCUT2D eigenvalue weighted by atomic mass is 32.2. The van der Waals surface area contributed by atoms with E-state index >= 15 is 0 Å². The molecular weight excluding hydrogens is 302 g/mol. The van der Waals surface area contributed by atoms with Crippen LogP contribution < -0.4 is 0 Å². The van der Waals surface area contributed by atoms with Gasteiger partial charge in [0.05, 0.1) is 0 Å². The predicted octanol–water partition coefficient (Wildman–Crippen LogP) is 3.24. The Kier molecular flexibility index (Phi) is 3.71. The fourth-order valence-corrected chi connectivity index (χ4v) is 6.14. The summed E-state index contributed by atoms with van der Waals surface area (Å²) in [6, 6.07) is 0.711. The standard InChI is InChI=1S/C19H27N3S/c1-2-7-21(8-3-1)18-14-23-19-13-22(11-6-16(18)19)17-12-20-9-4-15(17)5-10-20/h6,11,13,15,17H,1-5,7-10,12,14H2/t17-/m0/s1. The number of nitrogens with zero attached hydrogens (tertiary/aromatic N) is 3. The van der Waals surface area contributed by atoms with Crippen molar-refractivity contribution in [1.29, 1.82) is 0 Å². The maximum atomic E-state index is 2.66. The van der Waals surface area contributed by atoms with E-state index in [9.17, 15) is 0 Å². The maximum Gasteiger partial charge on any atom is 0.0487 e. The topological polar surface area (TPSA) is 9.72 Å². The van der Waals surface area contributed by atoms with Crippen LogP contribution in [-0.2, 0) is 0 Å². The zero-order valence-corrected chi connectivity index (χ0v) is 14.7. The van der Waals surface area contributed by atoms with E-state index in [2.05, 4.69) is 44.9 Å². The lowest BCUT2D eigenvalue weighted by Gasteiger charge is -2.48. The Morgan fingerprint density at radius 2 is 1.83 bits per heavy atom. The van der Waals surface area contributed by atoms with E-state index in [1.54, 1.807) is 5.70 Å². The van der Waals surface area contributed by atoms with Gasteiger partial charge in [-0.2, -0.15) is 0 Å². The molecule has 4 saturated heterocycles. The lowest BCUT2D eigenvalue weighted by molar-refractivity contribution is 0.0413. The third-order valence-corrected chi connectivity index (χ3v) is 7.42. The number of hydrogen-bond donors (Lipinski definition) is 0. The molecule has 6 heterocycles. The predicted molar refractivity (Wildman–Crippen MR) is 96.9 cm³/mol. The Morgan fingerprint density at radius 1 is 1.00 bits per heavy atom. The third kappa shape index (κ3) is 2.54. The average Bonchev–Trinajstić information content (AvgIpc) is 3.06. The van der Waals surface area contributed by atoms with E-state index in [1.165, 1.54) is 81.1 Å². The van der Waals surface area contributed by atoms with Crippen molar-refractivity contribution in [3.8, 4) is 0 Å². The second kappa shape index (κ2) is 5.89. The fraction of sp³-hybridized carbons (Fsp3) is 0.684. The summed E-state index contributed by atoms with van der Waals surface area (Å²) in [5.41, 5.74) is 3.13. The molecule has 0 N–H and O–H groups in total. The van der Waals surface area contributed by atoms with Gasteiger partial charge in [-0.25, -0.2) is 0 Å². The van der Waals surface area contributed by atoms with Crippen LogP contribution in [0.25, 0.3) is 0 Å². The number of fused-ring (bicyclic) bond motifs is 4. The molecule has 6 aliphatic rings. The number of allylic oxidation sites excluding steroid dienone is 2. The molecule has 6 rings (SSSR count). The minimum atomic E-state index is 0.711. The number of hydrogen-bond acceptors (Lipinski definition) is 4. The molecule has 1 atom stereocenters. The van der Waals surface area contributed by atoms with Crippen molar-refractivity contribution in [3.05, 3.63) is 34.7 Å². The summed E-state index contributed by atoms with van der Waals surface area (Å²) in [5.74, 6) is 2.08. The van der Waals surface area contributed by atoms with Crippen LogP contribution in [0.15, 0.2) is 34.7 Å². The van der Waals surface area contributed by atoms with Gasteiger partial charge in [0.1, 0.15) is 0 Å². The molecular formula is C19H27N3S. The van der Waals surface area contributed by atoms with Gasteiger partial charge in [0.25, 0.3) is 0 Å². The van der Waals surface area contributed by atoms with Gasteiger partial charge in [0.2, 0.25) is 0 Å². The molecule has 0 unspecified atom stereocenters. The van der Waals surface area contributed by atoms with E-state index in [1.807, 2.05) is 0 Å². The molecule has 4 heteroatoms. The molecule has 124 valence electrons. The molecule has 0 aromatic carbocycles. The highest BCUT2D eigenvalue weighted by Gasteiger charge is 2.37. The Balaban J connectivity index is 1.37. The van der Waals surface area contributed by atoms with Crippen molar-refractivity contribution in [3.63, 3.8) is 0 Å². The summed E-state index contributed by atoms with van der Waals surface area (Å²) in [4.78, 5) is 9.37. The van der Waals surface area contributed by atoms with Crippen LogP contribution in [0.1, 0.15) is 32.1 Å². The van der Waals surface area contributed by atoms with E-state index < -0.39 is 0 Å². The van der Waals surface area contributed by atoms with Gasteiger partial charge < -0.3 is 14.7 Å². The van der Waals surface area contributed by atoms with Gasteiger partial charge in [-0.05, 0) is 57.2 Å². The SMILES string of the molecule is C1=CN([C@H]2CN3CCC2CC3)C=C2SCC(N3CCCCC3)=C12. The summed E-state index contributed by atoms with van der Waals surface area (Å²) < 4.78 is 0. The number of thioether (sulfide) groups is 1. The molecule has 0 radical (unpaired) electrons. The van der Waals surface area contributed by atoms with Crippen LogP contribution in [0, 0.1) is 5.92 Å². The minimum absolute atomic E-state index is 0.711. The molecule has 0 aliphatic carbocycles. The summed E-state index contributed by atoms with van der Waals surface area (Å²) in [6.07, 6.45) is 14.2. The highest BCUT2D eigenvalue weighted by molar-refractivity contribution is 8.03. The molecule has 0 aromatic rings. The lowest BCUT2D eigenvalue weighted by Crippen LogP contribution is -2.55. The summed E-state index contributed by atoms with van der Waals surface area (Å²) in [7, 11) is 0. The Hall–Kier alpha value is -0.870. The van der Waals surface area contributed by atoms with Crippen LogP contribution >= 0.6 is 11.8 Å². The molecule has 0 saturated carbocycles. The van der Waals surface area contributed by atoms with Gasteiger partial charge >= 0.3 is 0 Å². The molecule has 3 nitrogen and oxygen atoms in total. The monoisotopic (exact) mass is 329 g/mol. The van der Waals surface area contributed by atoms with Gasteiger partial charge in [0.15, 0.2) is 0 Å². The summed E-state index contributed by atoms with van der Waals surface area (Å²) in [5, 5.41) is 0. The van der Waals surface area contributed by atoms with Crippen LogP contribution in [0.4, 0.5) is 0 Å². The zero-order valence-electron chi connectivity index (χ0n) is 13.9. The molecule has 0 amide bonds. The lowest BCUT2D eigenvalue weighted by atomic mass is 9.83. The maximum absolute atomic E-state index is 2.66. The van der Waals surface area contributed by atoms with Crippen molar-refractivity contribution in [2.75, 3.05) is 38.5 Å². The summed E-state index contributed by atoms with van der Waals surface area (Å²) in [6.45, 7) is 6.46. The van der Waals surface area contributed by atoms with Crippen LogP contribution in [0.3, 0.4) is 0 Å². The van der Waals surface area contributed by atoms with E-state index in [4.69, 9.17) is 0 Å². The molecule has 23 heavy (non-hydrogen) atoms. The Morgan fingerprint density at radius 3 is 2.57 bits per heavy atom. The second-order valence-corrected chi connectivity index (χ2v) is 8.68. The number of rotatable bonds is 2. The average molecular weight is 330 g/mol. The van der Waals surface area contributed by atoms with Crippen LogP contribution in [0.5, 0.6) is 0 Å². The number of piperidine rings is 4. The largest absolute Gasteiger partial charge is 0.374 e. The van der Waals surface area contributed by atoms with E-state index in [0.29, 0.717) is 6.04 Å². The summed E-state index contributed by atoms with van der Waals surface area (Å²) >= 11 is 2.05. The smallest absolute Gasteiger partial charge is 0.0487 e. The van der Waals surface area contributed by atoms with Gasteiger partial charge in [-0.15, -0.1) is 11.8 Å². The first-order valence-corrected chi connectivity index (χ1v) is 10.4. The van der Waals surface area contributed by atoms with Crippen molar-refractivity contribution in [1.82, 2.24) is 14.7 Å². The molecule has 6 aliphatic heterocycles.